The number of carbonyl (C=O) groups excluding carboxylic acids is 1. The molecule has 3 heteroatoms. The summed E-state index contributed by atoms with van der Waals surface area (Å²) >= 11 is 0. The highest BCUT2D eigenvalue weighted by Crippen LogP contribution is 2.57. The molecule has 0 spiro atoms. The fourth-order valence-corrected chi connectivity index (χ4v) is 5.53. The summed E-state index contributed by atoms with van der Waals surface area (Å²) in [5.41, 5.74) is 0.0240. The van der Waals surface area contributed by atoms with Crippen molar-refractivity contribution in [3.05, 3.63) is 0 Å². The molecule has 0 aromatic heterocycles. The fourth-order valence-electron chi connectivity index (χ4n) is 5.53. The maximum absolute atomic E-state index is 13.1. The first-order valence-electron chi connectivity index (χ1n) is 8.12. The Bertz CT molecular complexity index is 361. The molecule has 1 heterocycles. The summed E-state index contributed by atoms with van der Waals surface area (Å²) in [5, 5.41) is 0. The Hall–Kier alpha value is -0.570. The summed E-state index contributed by atoms with van der Waals surface area (Å²) in [6.45, 7) is 3.10. The van der Waals surface area contributed by atoms with Gasteiger partial charge in [0.25, 0.3) is 0 Å². The van der Waals surface area contributed by atoms with Crippen LogP contribution in [0.15, 0.2) is 0 Å². The lowest BCUT2D eigenvalue weighted by atomic mass is 9.61. The van der Waals surface area contributed by atoms with Gasteiger partial charge in [-0.2, -0.15) is 0 Å². The van der Waals surface area contributed by atoms with E-state index in [-0.39, 0.29) is 5.41 Å². The van der Waals surface area contributed by atoms with Crippen molar-refractivity contribution < 1.29 is 9.53 Å². The molecule has 0 radical (unpaired) electrons. The van der Waals surface area contributed by atoms with E-state index in [9.17, 15) is 4.79 Å². The molecule has 1 aliphatic heterocycles. The van der Waals surface area contributed by atoms with Crippen LogP contribution in [0.4, 0.5) is 0 Å². The molecule has 4 bridgehead atoms. The van der Waals surface area contributed by atoms with Gasteiger partial charge in [0, 0.05) is 18.5 Å². The maximum atomic E-state index is 13.1. The van der Waals surface area contributed by atoms with Crippen LogP contribution < -0.4 is 0 Å². The summed E-state index contributed by atoms with van der Waals surface area (Å²) in [5.74, 6) is 3.12. The van der Waals surface area contributed by atoms with Crippen molar-refractivity contribution in [3.8, 4) is 0 Å². The molecule has 0 N–H and O–H groups in total. The van der Waals surface area contributed by atoms with E-state index < -0.39 is 0 Å². The zero-order valence-corrected chi connectivity index (χ0v) is 11.8. The number of ether oxygens (including phenoxy) is 1. The number of carbonyl (C=O) groups is 1. The number of fused-ring (bicyclic) bond motifs is 1. The second-order valence-electron chi connectivity index (χ2n) is 7.44. The minimum atomic E-state index is 0.0240. The average molecular weight is 263 g/mol. The first kappa shape index (κ1) is 12.2. The molecule has 1 amide bonds. The van der Waals surface area contributed by atoms with Gasteiger partial charge in [0.2, 0.25) is 5.91 Å². The number of hydrogen-bond donors (Lipinski definition) is 0. The van der Waals surface area contributed by atoms with Gasteiger partial charge in [0.15, 0.2) is 0 Å². The summed E-state index contributed by atoms with van der Waals surface area (Å²) in [6.07, 6.45) is 9.09. The van der Waals surface area contributed by atoms with E-state index in [1.54, 1.807) is 0 Å². The second-order valence-corrected chi connectivity index (χ2v) is 7.44. The summed E-state index contributed by atoms with van der Waals surface area (Å²) < 4.78 is 5.40. The Morgan fingerprint density at radius 3 is 2.32 bits per heavy atom. The maximum Gasteiger partial charge on any atom is 0.228 e. The average Bonchev–Trinajstić information content (AvgIpc) is 2.64. The van der Waals surface area contributed by atoms with Gasteiger partial charge in [-0.05, 0) is 62.7 Å². The van der Waals surface area contributed by atoms with Gasteiger partial charge in [-0.1, -0.05) is 0 Å². The number of hydrogen-bond acceptors (Lipinski definition) is 2. The molecule has 3 nitrogen and oxygen atoms in total. The predicted molar refractivity (Wildman–Crippen MR) is 72.6 cm³/mol. The second kappa shape index (κ2) is 4.47. The van der Waals surface area contributed by atoms with Crippen molar-refractivity contribution in [2.24, 2.45) is 23.2 Å². The summed E-state index contributed by atoms with van der Waals surface area (Å²) in [6, 6.07) is 0. The van der Waals surface area contributed by atoms with Crippen molar-refractivity contribution >= 4 is 5.91 Å². The molecule has 0 aromatic carbocycles. The number of rotatable bonds is 1. The highest BCUT2D eigenvalue weighted by Gasteiger charge is 2.52. The highest BCUT2D eigenvalue weighted by atomic mass is 16.5. The lowest BCUT2D eigenvalue weighted by Crippen LogP contribution is -2.51. The van der Waals surface area contributed by atoms with E-state index in [0.717, 1.165) is 44.1 Å². The first-order valence-corrected chi connectivity index (χ1v) is 8.12. The van der Waals surface area contributed by atoms with Gasteiger partial charge in [0.1, 0.15) is 0 Å². The van der Waals surface area contributed by atoms with E-state index in [0.29, 0.717) is 5.91 Å². The minimum Gasteiger partial charge on any atom is -0.378 e. The van der Waals surface area contributed by atoms with Crippen molar-refractivity contribution in [2.75, 3.05) is 26.3 Å². The molecule has 5 aliphatic rings. The number of nitrogens with zero attached hydrogens (tertiary/aromatic N) is 1. The van der Waals surface area contributed by atoms with Crippen molar-refractivity contribution in [1.82, 2.24) is 4.90 Å². The zero-order valence-electron chi connectivity index (χ0n) is 11.8. The van der Waals surface area contributed by atoms with Crippen LogP contribution in [0.1, 0.15) is 44.9 Å². The smallest absolute Gasteiger partial charge is 0.228 e. The van der Waals surface area contributed by atoms with Gasteiger partial charge in [0.05, 0.1) is 13.2 Å². The van der Waals surface area contributed by atoms with Crippen molar-refractivity contribution in [1.29, 1.82) is 0 Å². The van der Waals surface area contributed by atoms with Crippen LogP contribution in [0.2, 0.25) is 0 Å². The molecular weight excluding hydrogens is 238 g/mol. The molecule has 5 fully saturated rings. The molecule has 4 aliphatic carbocycles. The molecule has 2 atom stereocenters. The highest BCUT2D eigenvalue weighted by molar-refractivity contribution is 5.83. The third-order valence-electron chi connectivity index (χ3n) is 6.14. The Morgan fingerprint density at radius 2 is 1.63 bits per heavy atom. The van der Waals surface area contributed by atoms with Crippen LogP contribution in [-0.2, 0) is 9.53 Å². The lowest BCUT2D eigenvalue weighted by Gasteiger charge is -2.46. The third kappa shape index (κ3) is 2.01. The van der Waals surface area contributed by atoms with Crippen LogP contribution in [0, 0.1) is 23.2 Å². The standard InChI is InChI=1S/C16H25NO2/c18-15(17-3-5-19-6-4-17)16-2-1-12-7-13(10-16)9-14(8-12)11-16/h12-14H,1-11H2/t12?,13-,14-,16?/m1/s1. The van der Waals surface area contributed by atoms with E-state index in [4.69, 9.17) is 4.74 Å². The Labute approximate surface area is 115 Å². The quantitative estimate of drug-likeness (QED) is 0.727. The molecule has 106 valence electrons. The van der Waals surface area contributed by atoms with Gasteiger partial charge >= 0.3 is 0 Å². The fraction of sp³-hybridized carbons (Fsp3) is 0.938. The largest absolute Gasteiger partial charge is 0.378 e. The molecular formula is C16H25NO2. The molecule has 0 aromatic rings. The van der Waals surface area contributed by atoms with Crippen LogP contribution in [0.3, 0.4) is 0 Å². The number of amides is 1. The van der Waals surface area contributed by atoms with E-state index in [1.165, 1.54) is 44.9 Å². The normalized spacial score (nSPS) is 45.3. The molecule has 5 rings (SSSR count). The molecule has 4 saturated carbocycles. The van der Waals surface area contributed by atoms with Crippen LogP contribution in [0.25, 0.3) is 0 Å². The molecule has 0 unspecified atom stereocenters. The van der Waals surface area contributed by atoms with E-state index in [1.807, 2.05) is 0 Å². The third-order valence-corrected chi connectivity index (χ3v) is 6.14. The topological polar surface area (TPSA) is 29.5 Å². The Morgan fingerprint density at radius 1 is 1.00 bits per heavy atom. The zero-order chi connectivity index (χ0) is 12.9. The van der Waals surface area contributed by atoms with Gasteiger partial charge in [-0.15, -0.1) is 0 Å². The SMILES string of the molecule is O=C(N1CCOCC1)C12CCC3C[C@H](C[C@@H](C3)C1)C2. The van der Waals surface area contributed by atoms with Gasteiger partial charge in [-0.25, -0.2) is 0 Å². The van der Waals surface area contributed by atoms with Gasteiger partial charge in [-0.3, -0.25) is 4.79 Å². The van der Waals surface area contributed by atoms with Crippen LogP contribution in [0.5, 0.6) is 0 Å². The first-order chi connectivity index (χ1) is 9.25. The Kier molecular flexibility index (Phi) is 2.87. The summed E-state index contributed by atoms with van der Waals surface area (Å²) in [7, 11) is 0. The van der Waals surface area contributed by atoms with Crippen LogP contribution >= 0.6 is 0 Å². The minimum absolute atomic E-state index is 0.0240. The molecule has 1 saturated heterocycles. The van der Waals surface area contributed by atoms with Crippen LogP contribution in [-0.4, -0.2) is 37.1 Å². The summed E-state index contributed by atoms with van der Waals surface area (Å²) in [4.78, 5) is 15.2. The van der Waals surface area contributed by atoms with Crippen molar-refractivity contribution in [3.63, 3.8) is 0 Å². The van der Waals surface area contributed by atoms with E-state index in [2.05, 4.69) is 4.90 Å². The number of morpholine rings is 1. The van der Waals surface area contributed by atoms with Crippen molar-refractivity contribution in [2.45, 2.75) is 44.9 Å². The molecule has 19 heavy (non-hydrogen) atoms. The Balaban J connectivity index is 1.59. The monoisotopic (exact) mass is 263 g/mol. The predicted octanol–water partition coefficient (Wildman–Crippen LogP) is 2.45. The van der Waals surface area contributed by atoms with E-state index >= 15 is 0 Å². The van der Waals surface area contributed by atoms with Gasteiger partial charge < -0.3 is 9.64 Å². The lowest BCUT2D eigenvalue weighted by molar-refractivity contribution is -0.151.